The first-order chi connectivity index (χ1) is 13.2. The van der Waals surface area contributed by atoms with Gasteiger partial charge in [0.05, 0.1) is 11.4 Å². The van der Waals surface area contributed by atoms with Crippen LogP contribution < -0.4 is 10.6 Å². The predicted octanol–water partition coefficient (Wildman–Crippen LogP) is 1.24. The van der Waals surface area contributed by atoms with Crippen molar-refractivity contribution in [1.82, 2.24) is 15.1 Å². The number of aliphatic hydroxyl groups is 1. The highest BCUT2D eigenvalue weighted by atomic mass is 16.3. The lowest BCUT2D eigenvalue weighted by atomic mass is 9.99. The molecule has 0 saturated carbocycles. The van der Waals surface area contributed by atoms with E-state index in [4.69, 9.17) is 5.73 Å². The maximum Gasteiger partial charge on any atom is 0.254 e. The summed E-state index contributed by atoms with van der Waals surface area (Å²) in [5.74, 6) is 0.526. The van der Waals surface area contributed by atoms with Crippen LogP contribution in [0, 0.1) is 5.92 Å². The first-order valence-electron chi connectivity index (χ1n) is 9.44. The highest BCUT2D eigenvalue weighted by Crippen LogP contribution is 2.37. The smallest absolute Gasteiger partial charge is 0.254 e. The van der Waals surface area contributed by atoms with Crippen molar-refractivity contribution in [2.45, 2.75) is 31.9 Å². The lowest BCUT2D eigenvalue weighted by Crippen LogP contribution is -2.50. The molecule has 4 N–H and O–H groups in total. The quantitative estimate of drug-likeness (QED) is 0.730. The number of phenolic OH excluding ortho intramolecular Hbond substituents is 1. The van der Waals surface area contributed by atoms with Gasteiger partial charge in [0.25, 0.3) is 5.91 Å². The number of nitrogens with zero attached hydrogens (tertiary/aromatic N) is 4. The van der Waals surface area contributed by atoms with Crippen LogP contribution in [0.2, 0.25) is 0 Å². The number of hydrogen-bond acceptors (Lipinski definition) is 7. The average Bonchev–Trinajstić information content (AvgIpc) is 2.95. The molecule has 2 aliphatic rings. The summed E-state index contributed by atoms with van der Waals surface area (Å²) >= 11 is 0. The van der Waals surface area contributed by atoms with Gasteiger partial charge in [0, 0.05) is 31.2 Å². The minimum atomic E-state index is -1.38. The van der Waals surface area contributed by atoms with Crippen molar-refractivity contribution in [2.24, 2.45) is 5.92 Å². The molecule has 0 spiro atoms. The molecule has 1 amide bonds. The van der Waals surface area contributed by atoms with Crippen molar-refractivity contribution >= 4 is 17.4 Å². The molecule has 1 aromatic carbocycles. The summed E-state index contributed by atoms with van der Waals surface area (Å²) in [7, 11) is 0. The zero-order valence-electron chi connectivity index (χ0n) is 16.0. The molecule has 2 bridgehead atoms. The number of fused-ring (bicyclic) bond motifs is 2. The second-order valence-corrected chi connectivity index (χ2v) is 8.19. The first-order valence-corrected chi connectivity index (χ1v) is 9.44. The number of aromatic nitrogens is 2. The van der Waals surface area contributed by atoms with E-state index < -0.39 is 5.60 Å². The van der Waals surface area contributed by atoms with Crippen molar-refractivity contribution in [3.05, 3.63) is 30.3 Å². The summed E-state index contributed by atoms with van der Waals surface area (Å²) in [6, 6.07) is 8.83. The molecule has 8 heteroatoms. The van der Waals surface area contributed by atoms with E-state index in [2.05, 4.69) is 15.1 Å². The molecule has 2 unspecified atom stereocenters. The number of piperidine rings is 1. The third-order valence-corrected chi connectivity index (χ3v) is 5.52. The van der Waals surface area contributed by atoms with Crippen molar-refractivity contribution < 1.29 is 15.0 Å². The van der Waals surface area contributed by atoms with Gasteiger partial charge in [-0.15, -0.1) is 10.2 Å². The third kappa shape index (κ3) is 3.24. The Morgan fingerprint density at radius 3 is 2.68 bits per heavy atom. The molecule has 2 fully saturated rings. The van der Waals surface area contributed by atoms with E-state index >= 15 is 0 Å². The van der Waals surface area contributed by atoms with Crippen molar-refractivity contribution in [1.29, 1.82) is 0 Å². The van der Waals surface area contributed by atoms with Gasteiger partial charge in [-0.05, 0) is 44.4 Å². The Morgan fingerprint density at radius 1 is 1.21 bits per heavy atom. The number of aromatic hydroxyl groups is 1. The Kier molecular flexibility index (Phi) is 4.38. The Labute approximate surface area is 163 Å². The maximum absolute atomic E-state index is 12.6. The number of anilines is 2. The Bertz CT molecular complexity index is 911. The van der Waals surface area contributed by atoms with Crippen LogP contribution in [-0.2, 0) is 4.79 Å². The fourth-order valence-electron chi connectivity index (χ4n) is 4.22. The monoisotopic (exact) mass is 383 g/mol. The number of phenols is 1. The first kappa shape index (κ1) is 18.5. The van der Waals surface area contributed by atoms with Gasteiger partial charge in [-0.1, -0.05) is 12.1 Å². The number of nitrogen functional groups attached to an aromatic ring is 1. The van der Waals surface area contributed by atoms with Gasteiger partial charge in [0.2, 0.25) is 0 Å². The maximum atomic E-state index is 12.6. The van der Waals surface area contributed by atoms with E-state index in [1.54, 1.807) is 23.1 Å². The average molecular weight is 383 g/mol. The molecule has 2 saturated heterocycles. The number of hydrogen-bond donors (Lipinski definition) is 3. The van der Waals surface area contributed by atoms with E-state index in [0.29, 0.717) is 36.1 Å². The highest BCUT2D eigenvalue weighted by Gasteiger charge is 2.44. The molecule has 28 heavy (non-hydrogen) atoms. The zero-order valence-corrected chi connectivity index (χ0v) is 16.0. The van der Waals surface area contributed by atoms with Crippen molar-refractivity contribution in [3.63, 3.8) is 0 Å². The Balaban J connectivity index is 1.62. The van der Waals surface area contributed by atoms with Crippen LogP contribution in [0.4, 0.5) is 11.5 Å². The van der Waals surface area contributed by atoms with Crippen LogP contribution in [0.3, 0.4) is 0 Å². The Morgan fingerprint density at radius 2 is 1.96 bits per heavy atom. The van der Waals surface area contributed by atoms with Gasteiger partial charge >= 0.3 is 0 Å². The SMILES string of the molecule is CC(C)(O)C(=O)N1CC2CC1CN(c1cc(-c3ccccc3O)nnc1N)C2. The van der Waals surface area contributed by atoms with Gasteiger partial charge in [-0.25, -0.2) is 0 Å². The lowest BCUT2D eigenvalue weighted by molar-refractivity contribution is -0.148. The molecule has 1 aromatic heterocycles. The molecule has 0 radical (unpaired) electrons. The van der Waals surface area contributed by atoms with E-state index in [1.807, 2.05) is 12.1 Å². The van der Waals surface area contributed by atoms with Gasteiger partial charge in [0.15, 0.2) is 5.82 Å². The molecule has 2 aliphatic heterocycles. The van der Waals surface area contributed by atoms with Gasteiger partial charge in [0.1, 0.15) is 11.4 Å². The summed E-state index contributed by atoms with van der Waals surface area (Å²) in [5, 5.41) is 28.5. The second kappa shape index (κ2) is 6.63. The van der Waals surface area contributed by atoms with Gasteiger partial charge in [-0.3, -0.25) is 4.79 Å². The number of benzene rings is 1. The number of carbonyl (C=O) groups excluding carboxylic acids is 1. The van der Waals surface area contributed by atoms with Crippen molar-refractivity contribution in [2.75, 3.05) is 30.3 Å². The second-order valence-electron chi connectivity index (χ2n) is 8.19. The number of rotatable bonds is 3. The van der Waals surface area contributed by atoms with Crippen LogP contribution >= 0.6 is 0 Å². The lowest BCUT2D eigenvalue weighted by Gasteiger charge is -2.35. The molecule has 2 aromatic rings. The molecule has 0 aliphatic carbocycles. The molecule has 8 nitrogen and oxygen atoms in total. The van der Waals surface area contributed by atoms with Gasteiger partial charge < -0.3 is 25.7 Å². The fourth-order valence-corrected chi connectivity index (χ4v) is 4.22. The molecule has 3 heterocycles. The van der Waals surface area contributed by atoms with Crippen LogP contribution in [0.25, 0.3) is 11.3 Å². The number of nitrogens with two attached hydrogens (primary N) is 1. The van der Waals surface area contributed by atoms with Crippen LogP contribution in [0.5, 0.6) is 5.75 Å². The molecular formula is C20H25N5O3. The number of likely N-dealkylation sites (tertiary alicyclic amines) is 1. The predicted molar refractivity (Wildman–Crippen MR) is 106 cm³/mol. The minimum Gasteiger partial charge on any atom is -0.507 e. The molecular weight excluding hydrogens is 358 g/mol. The van der Waals surface area contributed by atoms with E-state index in [1.165, 1.54) is 13.8 Å². The third-order valence-electron chi connectivity index (χ3n) is 5.52. The van der Waals surface area contributed by atoms with Crippen molar-refractivity contribution in [3.8, 4) is 17.0 Å². The van der Waals surface area contributed by atoms with Gasteiger partial charge in [-0.2, -0.15) is 0 Å². The highest BCUT2D eigenvalue weighted by molar-refractivity contribution is 5.85. The summed E-state index contributed by atoms with van der Waals surface area (Å²) in [6.07, 6.45) is 0.920. The molecule has 4 rings (SSSR count). The molecule has 148 valence electrons. The topological polar surface area (TPSA) is 116 Å². The number of carbonyl (C=O) groups is 1. The molecule has 2 atom stereocenters. The Hall–Kier alpha value is -2.87. The van der Waals surface area contributed by atoms with Crippen LogP contribution in [0.1, 0.15) is 20.3 Å². The number of amides is 1. The largest absolute Gasteiger partial charge is 0.507 e. The minimum absolute atomic E-state index is 0.0267. The zero-order chi connectivity index (χ0) is 20.1. The summed E-state index contributed by atoms with van der Waals surface area (Å²) in [5.41, 5.74) is 6.62. The normalized spacial score (nSPS) is 21.8. The standard InChI is InChI=1S/C20H25N5O3/c1-20(2,28)19(27)25-10-12-7-13(25)11-24(9-12)16-8-15(22-23-18(16)21)14-5-3-4-6-17(14)26/h3-6,8,12-13,26,28H,7,9-11H2,1-2H3,(H2,21,23). The summed E-state index contributed by atoms with van der Waals surface area (Å²) in [6.45, 7) is 5.06. The van der Waals surface area contributed by atoms with E-state index in [9.17, 15) is 15.0 Å². The van der Waals surface area contributed by atoms with Crippen LogP contribution in [-0.4, -0.2) is 62.5 Å². The summed E-state index contributed by atoms with van der Waals surface area (Å²) < 4.78 is 0. The fraction of sp³-hybridized carbons (Fsp3) is 0.450. The summed E-state index contributed by atoms with van der Waals surface area (Å²) in [4.78, 5) is 16.5. The van der Waals surface area contributed by atoms with Crippen LogP contribution in [0.15, 0.2) is 30.3 Å². The van der Waals surface area contributed by atoms with E-state index in [0.717, 1.165) is 18.7 Å². The van der Waals surface area contributed by atoms with E-state index in [-0.39, 0.29) is 17.7 Å². The number of para-hydroxylation sites is 1.